The Morgan fingerprint density at radius 3 is 2.19 bits per heavy atom. The zero-order valence-corrected chi connectivity index (χ0v) is 14.6. The number of hydrogen-bond acceptors (Lipinski definition) is 4. The van der Waals surface area contributed by atoms with Crippen molar-refractivity contribution in [1.82, 2.24) is 0 Å². The van der Waals surface area contributed by atoms with Crippen molar-refractivity contribution < 1.29 is 24.2 Å². The van der Waals surface area contributed by atoms with E-state index in [4.69, 9.17) is 9.84 Å². The molecule has 3 rings (SSSR count). The SMILES string of the molecule is O=C(O)C(=O)c1ccc(OCCCC(=O)c2ccc3ccccc3c2)cc1. The van der Waals surface area contributed by atoms with Crippen LogP contribution in [0.2, 0.25) is 0 Å². The lowest BCUT2D eigenvalue weighted by Gasteiger charge is -2.07. The number of benzene rings is 3. The molecule has 0 heterocycles. The van der Waals surface area contributed by atoms with Gasteiger partial charge in [0.05, 0.1) is 6.61 Å². The van der Waals surface area contributed by atoms with Crippen molar-refractivity contribution in [2.24, 2.45) is 0 Å². The van der Waals surface area contributed by atoms with Gasteiger partial charge in [-0.3, -0.25) is 9.59 Å². The average molecular weight is 362 g/mol. The van der Waals surface area contributed by atoms with Gasteiger partial charge in [-0.05, 0) is 47.5 Å². The summed E-state index contributed by atoms with van der Waals surface area (Å²) in [4.78, 5) is 34.3. The maximum absolute atomic E-state index is 12.3. The molecule has 3 aromatic rings. The van der Waals surface area contributed by atoms with E-state index in [0.717, 1.165) is 10.8 Å². The van der Waals surface area contributed by atoms with Crippen LogP contribution in [0.3, 0.4) is 0 Å². The monoisotopic (exact) mass is 362 g/mol. The molecule has 0 aliphatic heterocycles. The average Bonchev–Trinajstić information content (AvgIpc) is 2.70. The van der Waals surface area contributed by atoms with E-state index in [1.165, 1.54) is 12.1 Å². The number of aliphatic carboxylic acids is 1. The zero-order valence-electron chi connectivity index (χ0n) is 14.6. The number of Topliss-reactive ketones (excluding diaryl/α,β-unsaturated/α-hetero) is 2. The Bertz CT molecular complexity index is 989. The zero-order chi connectivity index (χ0) is 19.2. The van der Waals surface area contributed by atoms with Crippen molar-refractivity contribution in [1.29, 1.82) is 0 Å². The molecule has 0 saturated heterocycles. The van der Waals surface area contributed by atoms with Gasteiger partial charge < -0.3 is 9.84 Å². The van der Waals surface area contributed by atoms with Gasteiger partial charge >= 0.3 is 5.97 Å². The lowest BCUT2D eigenvalue weighted by Crippen LogP contribution is -2.12. The van der Waals surface area contributed by atoms with E-state index in [1.54, 1.807) is 12.1 Å². The van der Waals surface area contributed by atoms with Crippen molar-refractivity contribution in [2.75, 3.05) is 6.61 Å². The third kappa shape index (κ3) is 4.58. The minimum absolute atomic E-state index is 0.0618. The lowest BCUT2D eigenvalue weighted by atomic mass is 10.0. The molecular weight excluding hydrogens is 344 g/mol. The van der Waals surface area contributed by atoms with Gasteiger partial charge in [-0.25, -0.2) is 4.79 Å². The molecular formula is C22H18O5. The number of carbonyl (C=O) groups is 3. The molecule has 0 aliphatic carbocycles. The van der Waals surface area contributed by atoms with Gasteiger partial charge in [-0.2, -0.15) is 0 Å². The Morgan fingerprint density at radius 1 is 0.815 bits per heavy atom. The van der Waals surface area contributed by atoms with Crippen LogP contribution in [0.4, 0.5) is 0 Å². The second-order valence-electron chi connectivity index (χ2n) is 6.10. The lowest BCUT2D eigenvalue weighted by molar-refractivity contribution is -0.131. The minimum Gasteiger partial charge on any atom is -0.494 e. The molecule has 0 radical (unpaired) electrons. The quantitative estimate of drug-likeness (QED) is 0.370. The summed E-state index contributed by atoms with van der Waals surface area (Å²) < 4.78 is 5.55. The highest BCUT2D eigenvalue weighted by Crippen LogP contribution is 2.18. The van der Waals surface area contributed by atoms with Crippen LogP contribution < -0.4 is 4.74 Å². The van der Waals surface area contributed by atoms with Gasteiger partial charge in [0, 0.05) is 17.5 Å². The second-order valence-corrected chi connectivity index (χ2v) is 6.10. The molecule has 0 spiro atoms. The molecule has 0 aromatic heterocycles. The number of fused-ring (bicyclic) bond motifs is 1. The highest BCUT2D eigenvalue weighted by atomic mass is 16.5. The van der Waals surface area contributed by atoms with Crippen molar-refractivity contribution >= 4 is 28.3 Å². The predicted molar refractivity (Wildman–Crippen MR) is 101 cm³/mol. The smallest absolute Gasteiger partial charge is 0.377 e. The summed E-state index contributed by atoms with van der Waals surface area (Å²) >= 11 is 0. The minimum atomic E-state index is -1.49. The van der Waals surface area contributed by atoms with Crippen molar-refractivity contribution in [3.05, 3.63) is 77.9 Å². The van der Waals surface area contributed by atoms with E-state index in [9.17, 15) is 14.4 Å². The molecule has 1 N–H and O–H groups in total. The maximum atomic E-state index is 12.3. The molecule has 0 aliphatic rings. The van der Waals surface area contributed by atoms with Gasteiger partial charge in [0.2, 0.25) is 0 Å². The highest BCUT2D eigenvalue weighted by molar-refractivity contribution is 6.39. The fourth-order valence-electron chi connectivity index (χ4n) is 2.76. The summed E-state index contributed by atoms with van der Waals surface area (Å²) in [5.41, 5.74) is 0.784. The fourth-order valence-corrected chi connectivity index (χ4v) is 2.76. The summed E-state index contributed by atoms with van der Waals surface area (Å²) in [5.74, 6) is -1.86. The number of carbonyl (C=O) groups excluding carboxylic acids is 2. The molecule has 3 aromatic carbocycles. The molecule has 136 valence electrons. The summed E-state index contributed by atoms with van der Waals surface area (Å²) in [6.07, 6.45) is 0.926. The standard InChI is InChI=1S/C22H18O5/c23-20(18-8-7-15-4-1-2-5-17(15)14-18)6-3-13-27-19-11-9-16(10-12-19)21(24)22(25)26/h1-2,4-5,7-12,14H,3,6,13H2,(H,25,26). The molecule has 0 atom stereocenters. The molecule has 0 unspecified atom stereocenters. The van der Waals surface area contributed by atoms with Gasteiger partial charge in [0.15, 0.2) is 5.78 Å². The number of hydrogen-bond donors (Lipinski definition) is 1. The predicted octanol–water partition coefficient (Wildman–Crippen LogP) is 4.15. The molecule has 0 saturated carbocycles. The molecule has 0 amide bonds. The van der Waals surface area contributed by atoms with E-state index < -0.39 is 11.8 Å². The van der Waals surface area contributed by atoms with Crippen LogP contribution in [-0.4, -0.2) is 29.2 Å². The summed E-state index contributed by atoms with van der Waals surface area (Å²) in [5, 5.41) is 10.8. The normalized spacial score (nSPS) is 10.5. The third-order valence-corrected chi connectivity index (χ3v) is 4.20. The first-order chi connectivity index (χ1) is 13.0. The van der Waals surface area contributed by atoms with Gasteiger partial charge in [-0.15, -0.1) is 0 Å². The Labute approximate surface area is 156 Å². The van der Waals surface area contributed by atoms with Crippen molar-refractivity contribution in [3.8, 4) is 5.75 Å². The first-order valence-corrected chi connectivity index (χ1v) is 8.57. The Kier molecular flexibility index (Phi) is 5.61. The first-order valence-electron chi connectivity index (χ1n) is 8.57. The van der Waals surface area contributed by atoms with Crippen LogP contribution in [0.1, 0.15) is 33.6 Å². The van der Waals surface area contributed by atoms with Crippen LogP contribution in [0.15, 0.2) is 66.7 Å². The van der Waals surface area contributed by atoms with Crippen molar-refractivity contribution in [2.45, 2.75) is 12.8 Å². The number of ketones is 2. The van der Waals surface area contributed by atoms with E-state index in [1.807, 2.05) is 42.5 Å². The van der Waals surface area contributed by atoms with Gasteiger partial charge in [0.1, 0.15) is 5.75 Å². The fraction of sp³-hybridized carbons (Fsp3) is 0.136. The van der Waals surface area contributed by atoms with Crippen LogP contribution in [0, 0.1) is 0 Å². The number of rotatable bonds is 8. The second kappa shape index (κ2) is 8.27. The van der Waals surface area contributed by atoms with Crippen molar-refractivity contribution in [3.63, 3.8) is 0 Å². The van der Waals surface area contributed by atoms with Crippen LogP contribution in [-0.2, 0) is 4.79 Å². The molecule has 0 fully saturated rings. The first kappa shape index (κ1) is 18.3. The Morgan fingerprint density at radius 2 is 1.48 bits per heavy atom. The van der Waals surface area contributed by atoms with E-state index in [-0.39, 0.29) is 11.3 Å². The van der Waals surface area contributed by atoms with Crippen LogP contribution in [0.25, 0.3) is 10.8 Å². The number of carboxylic acids is 1. The van der Waals surface area contributed by atoms with Gasteiger partial charge in [0.25, 0.3) is 5.78 Å². The molecule has 5 nitrogen and oxygen atoms in total. The van der Waals surface area contributed by atoms with E-state index in [0.29, 0.717) is 30.8 Å². The summed E-state index contributed by atoms with van der Waals surface area (Å²) in [6, 6.07) is 19.5. The van der Waals surface area contributed by atoms with E-state index >= 15 is 0 Å². The third-order valence-electron chi connectivity index (χ3n) is 4.20. The Balaban J connectivity index is 1.50. The van der Waals surface area contributed by atoms with Crippen LogP contribution in [0.5, 0.6) is 5.75 Å². The molecule has 5 heteroatoms. The number of ether oxygens (including phenoxy) is 1. The largest absolute Gasteiger partial charge is 0.494 e. The molecule has 27 heavy (non-hydrogen) atoms. The highest BCUT2D eigenvalue weighted by Gasteiger charge is 2.14. The number of carboxylic acid groups (broad SMARTS) is 1. The Hall–Kier alpha value is -3.47. The van der Waals surface area contributed by atoms with Gasteiger partial charge in [-0.1, -0.05) is 36.4 Å². The van der Waals surface area contributed by atoms with Crippen LogP contribution >= 0.6 is 0 Å². The van der Waals surface area contributed by atoms with E-state index in [2.05, 4.69) is 0 Å². The summed E-state index contributed by atoms with van der Waals surface area (Å²) in [6.45, 7) is 0.353. The summed E-state index contributed by atoms with van der Waals surface area (Å²) in [7, 11) is 0. The topological polar surface area (TPSA) is 80.7 Å². The molecule has 0 bridgehead atoms. The maximum Gasteiger partial charge on any atom is 0.377 e.